The molecule has 2 aromatic rings. The number of pyridine rings is 1. The molecular weight excluding hydrogens is 300 g/mol. The Morgan fingerprint density at radius 1 is 1.21 bits per heavy atom. The molecular formula is C19H22N4O. The van der Waals surface area contributed by atoms with Crippen molar-refractivity contribution in [1.29, 1.82) is 0 Å². The molecule has 0 radical (unpaired) electrons. The SMILES string of the molecule is C#CCNC(=NCc1ccnc(OCc2ccccc2)c1)NCC. The number of nitrogens with one attached hydrogen (secondary N) is 2. The highest BCUT2D eigenvalue weighted by atomic mass is 16.5. The van der Waals surface area contributed by atoms with Crippen LogP contribution >= 0.6 is 0 Å². The number of guanidine groups is 1. The van der Waals surface area contributed by atoms with Crippen LogP contribution in [0.5, 0.6) is 5.88 Å². The van der Waals surface area contributed by atoms with Gasteiger partial charge in [-0.3, -0.25) is 0 Å². The van der Waals surface area contributed by atoms with Gasteiger partial charge in [0.25, 0.3) is 0 Å². The number of aliphatic imine (C=N–C) groups is 1. The largest absolute Gasteiger partial charge is 0.473 e. The number of aromatic nitrogens is 1. The smallest absolute Gasteiger partial charge is 0.213 e. The third kappa shape index (κ3) is 6.01. The Morgan fingerprint density at radius 3 is 2.79 bits per heavy atom. The summed E-state index contributed by atoms with van der Waals surface area (Å²) in [5, 5.41) is 6.20. The molecule has 0 saturated heterocycles. The highest BCUT2D eigenvalue weighted by Crippen LogP contribution is 2.12. The number of ether oxygens (including phenoxy) is 1. The van der Waals surface area contributed by atoms with Gasteiger partial charge in [-0.1, -0.05) is 36.3 Å². The first-order valence-electron chi connectivity index (χ1n) is 7.89. The fourth-order valence-corrected chi connectivity index (χ4v) is 2.01. The van der Waals surface area contributed by atoms with Gasteiger partial charge in [-0.05, 0) is 24.1 Å². The molecule has 0 saturated carbocycles. The zero-order valence-electron chi connectivity index (χ0n) is 13.8. The molecule has 0 amide bonds. The van der Waals surface area contributed by atoms with Gasteiger partial charge in [0.15, 0.2) is 5.96 Å². The minimum absolute atomic E-state index is 0.438. The maximum absolute atomic E-state index is 5.73. The summed E-state index contributed by atoms with van der Waals surface area (Å²) in [5.41, 5.74) is 2.13. The molecule has 24 heavy (non-hydrogen) atoms. The van der Waals surface area contributed by atoms with E-state index >= 15 is 0 Å². The van der Waals surface area contributed by atoms with Crippen LogP contribution in [0.4, 0.5) is 0 Å². The van der Waals surface area contributed by atoms with Crippen molar-refractivity contribution in [2.45, 2.75) is 20.1 Å². The zero-order valence-corrected chi connectivity index (χ0v) is 13.8. The molecule has 2 rings (SSSR count). The van der Waals surface area contributed by atoms with Crippen molar-refractivity contribution in [3.8, 4) is 18.2 Å². The fraction of sp³-hybridized carbons (Fsp3) is 0.263. The van der Waals surface area contributed by atoms with Crippen LogP contribution in [0.3, 0.4) is 0 Å². The molecule has 0 atom stereocenters. The van der Waals surface area contributed by atoms with Gasteiger partial charge in [-0.2, -0.15) is 0 Å². The lowest BCUT2D eigenvalue weighted by Gasteiger charge is -2.09. The average Bonchev–Trinajstić information content (AvgIpc) is 2.63. The molecule has 0 unspecified atom stereocenters. The molecule has 124 valence electrons. The van der Waals surface area contributed by atoms with Gasteiger partial charge in [-0.25, -0.2) is 9.98 Å². The van der Waals surface area contributed by atoms with Crippen LogP contribution in [-0.4, -0.2) is 24.0 Å². The van der Waals surface area contributed by atoms with Crippen molar-refractivity contribution < 1.29 is 4.74 Å². The van der Waals surface area contributed by atoms with E-state index in [0.29, 0.717) is 31.5 Å². The fourth-order valence-electron chi connectivity index (χ4n) is 2.01. The van der Waals surface area contributed by atoms with Crippen LogP contribution in [0.2, 0.25) is 0 Å². The average molecular weight is 322 g/mol. The standard InChI is InChI=1S/C19H22N4O/c1-3-11-22-19(20-4-2)23-14-17-10-12-21-18(13-17)24-15-16-8-6-5-7-9-16/h1,5-10,12-13H,4,11,14-15H2,2H3,(H2,20,22,23). The number of hydrogen-bond donors (Lipinski definition) is 2. The molecule has 1 aromatic carbocycles. The number of rotatable bonds is 7. The van der Waals surface area contributed by atoms with Gasteiger partial charge in [0.2, 0.25) is 5.88 Å². The van der Waals surface area contributed by atoms with Crippen molar-refractivity contribution in [2.75, 3.05) is 13.1 Å². The van der Waals surface area contributed by atoms with E-state index in [4.69, 9.17) is 11.2 Å². The summed E-state index contributed by atoms with van der Waals surface area (Å²) in [6, 6.07) is 13.8. The van der Waals surface area contributed by atoms with Crippen molar-refractivity contribution >= 4 is 5.96 Å². The van der Waals surface area contributed by atoms with Gasteiger partial charge in [0.05, 0.1) is 13.1 Å². The molecule has 0 spiro atoms. The Kier molecular flexibility index (Phi) is 7.16. The first-order chi connectivity index (χ1) is 11.8. The van der Waals surface area contributed by atoms with Gasteiger partial charge in [0, 0.05) is 18.8 Å². The highest BCUT2D eigenvalue weighted by molar-refractivity contribution is 5.79. The van der Waals surface area contributed by atoms with E-state index in [1.54, 1.807) is 6.20 Å². The third-order valence-electron chi connectivity index (χ3n) is 3.15. The molecule has 5 heteroatoms. The zero-order chi connectivity index (χ0) is 17.0. The Balaban J connectivity index is 1.95. The Bertz CT molecular complexity index is 692. The van der Waals surface area contributed by atoms with Gasteiger partial charge >= 0.3 is 0 Å². The van der Waals surface area contributed by atoms with Gasteiger partial charge < -0.3 is 15.4 Å². The summed E-state index contributed by atoms with van der Waals surface area (Å²) in [5.74, 6) is 3.82. The van der Waals surface area contributed by atoms with Crippen LogP contribution in [0, 0.1) is 12.3 Å². The first-order valence-corrected chi connectivity index (χ1v) is 7.89. The van der Waals surface area contributed by atoms with Crippen LogP contribution in [0.1, 0.15) is 18.1 Å². The van der Waals surface area contributed by atoms with E-state index in [1.165, 1.54) is 0 Å². The second kappa shape index (κ2) is 9.90. The van der Waals surface area contributed by atoms with Crippen molar-refractivity contribution in [2.24, 2.45) is 4.99 Å². The molecule has 5 nitrogen and oxygen atoms in total. The van der Waals surface area contributed by atoms with E-state index in [9.17, 15) is 0 Å². The second-order valence-corrected chi connectivity index (χ2v) is 5.03. The van der Waals surface area contributed by atoms with Crippen molar-refractivity contribution in [1.82, 2.24) is 15.6 Å². The van der Waals surface area contributed by atoms with E-state index in [-0.39, 0.29) is 0 Å². The second-order valence-electron chi connectivity index (χ2n) is 5.03. The number of nitrogens with zero attached hydrogens (tertiary/aromatic N) is 2. The Hall–Kier alpha value is -3.00. The lowest BCUT2D eigenvalue weighted by Crippen LogP contribution is -2.37. The molecule has 2 N–H and O–H groups in total. The summed E-state index contributed by atoms with van der Waals surface area (Å²) in [6.45, 7) is 4.23. The van der Waals surface area contributed by atoms with Crippen LogP contribution < -0.4 is 15.4 Å². The lowest BCUT2D eigenvalue weighted by atomic mass is 10.2. The molecule has 0 aliphatic rings. The van der Waals surface area contributed by atoms with Gasteiger partial charge in [0.1, 0.15) is 6.61 Å². The van der Waals surface area contributed by atoms with E-state index < -0.39 is 0 Å². The maximum Gasteiger partial charge on any atom is 0.213 e. The molecule has 0 aliphatic carbocycles. The Labute approximate surface area is 143 Å². The third-order valence-corrected chi connectivity index (χ3v) is 3.15. The summed E-state index contributed by atoms with van der Waals surface area (Å²) < 4.78 is 5.73. The number of hydrogen-bond acceptors (Lipinski definition) is 3. The lowest BCUT2D eigenvalue weighted by molar-refractivity contribution is 0.293. The summed E-state index contributed by atoms with van der Waals surface area (Å²) in [6.07, 6.45) is 6.99. The first kappa shape index (κ1) is 17.4. The van der Waals surface area contributed by atoms with E-state index in [0.717, 1.165) is 17.7 Å². The van der Waals surface area contributed by atoms with Crippen LogP contribution in [-0.2, 0) is 13.2 Å². The van der Waals surface area contributed by atoms with Crippen molar-refractivity contribution in [3.63, 3.8) is 0 Å². The monoisotopic (exact) mass is 322 g/mol. The number of benzene rings is 1. The molecule has 1 heterocycles. The topological polar surface area (TPSA) is 58.5 Å². The highest BCUT2D eigenvalue weighted by Gasteiger charge is 2.01. The molecule has 1 aromatic heterocycles. The van der Waals surface area contributed by atoms with Crippen LogP contribution in [0.15, 0.2) is 53.7 Å². The summed E-state index contributed by atoms with van der Waals surface area (Å²) in [7, 11) is 0. The quantitative estimate of drug-likeness (QED) is 0.467. The summed E-state index contributed by atoms with van der Waals surface area (Å²) in [4.78, 5) is 8.74. The minimum atomic E-state index is 0.438. The minimum Gasteiger partial charge on any atom is -0.473 e. The molecule has 0 aliphatic heterocycles. The van der Waals surface area contributed by atoms with E-state index in [2.05, 4.69) is 26.5 Å². The number of terminal acetylenes is 1. The molecule has 0 bridgehead atoms. The van der Waals surface area contributed by atoms with Gasteiger partial charge in [-0.15, -0.1) is 6.42 Å². The van der Waals surface area contributed by atoms with E-state index in [1.807, 2.05) is 49.4 Å². The van der Waals surface area contributed by atoms with Crippen LogP contribution in [0.25, 0.3) is 0 Å². The predicted octanol–water partition coefficient (Wildman–Crippen LogP) is 2.35. The predicted molar refractivity (Wildman–Crippen MR) is 96.7 cm³/mol. The normalized spacial score (nSPS) is 10.8. The van der Waals surface area contributed by atoms with Crippen molar-refractivity contribution in [3.05, 3.63) is 59.8 Å². The maximum atomic E-state index is 5.73. The summed E-state index contributed by atoms with van der Waals surface area (Å²) >= 11 is 0. The Morgan fingerprint density at radius 2 is 2.04 bits per heavy atom. The molecule has 0 fully saturated rings.